The lowest BCUT2D eigenvalue weighted by Gasteiger charge is -2.22. The summed E-state index contributed by atoms with van der Waals surface area (Å²) in [6, 6.07) is 6.02. The van der Waals surface area contributed by atoms with Crippen LogP contribution in [-0.4, -0.2) is 25.6 Å². The average molecular weight is 270 g/mol. The van der Waals surface area contributed by atoms with E-state index in [0.717, 1.165) is 19.4 Å². The molecule has 1 heterocycles. The highest BCUT2D eigenvalue weighted by atomic mass is 19.3. The number of anilines is 1. The van der Waals surface area contributed by atoms with Crippen molar-refractivity contribution in [3.8, 4) is 5.75 Å². The Bertz CT molecular complexity index is 434. The fourth-order valence-electron chi connectivity index (χ4n) is 2.07. The Kier molecular flexibility index (Phi) is 4.68. The van der Waals surface area contributed by atoms with Crippen LogP contribution in [0.25, 0.3) is 0 Å². The number of ether oxygens (including phenoxy) is 1. The third-order valence-electron chi connectivity index (χ3n) is 2.99. The second kappa shape index (κ2) is 6.47. The lowest BCUT2D eigenvalue weighted by Crippen LogP contribution is -2.37. The van der Waals surface area contributed by atoms with Crippen molar-refractivity contribution in [2.75, 3.05) is 18.4 Å². The van der Waals surface area contributed by atoms with Crippen LogP contribution in [0.4, 0.5) is 14.5 Å². The van der Waals surface area contributed by atoms with Gasteiger partial charge in [0.1, 0.15) is 5.75 Å². The maximum atomic E-state index is 12.1. The first-order chi connectivity index (χ1) is 9.15. The van der Waals surface area contributed by atoms with Crippen molar-refractivity contribution in [2.24, 2.45) is 5.92 Å². The van der Waals surface area contributed by atoms with E-state index in [2.05, 4.69) is 15.4 Å². The molecule has 0 aromatic heterocycles. The number of nitrogens with one attached hydrogen (secondary N) is 2. The smallest absolute Gasteiger partial charge is 0.387 e. The summed E-state index contributed by atoms with van der Waals surface area (Å²) in [5.74, 6) is -0.135. The molecule has 0 saturated carbocycles. The van der Waals surface area contributed by atoms with Crippen LogP contribution in [0.2, 0.25) is 0 Å². The van der Waals surface area contributed by atoms with Gasteiger partial charge in [-0.2, -0.15) is 8.78 Å². The van der Waals surface area contributed by atoms with Crippen molar-refractivity contribution < 1.29 is 18.3 Å². The molecule has 1 saturated heterocycles. The summed E-state index contributed by atoms with van der Waals surface area (Å²) in [7, 11) is 0. The Hall–Kier alpha value is -1.69. The summed E-state index contributed by atoms with van der Waals surface area (Å²) < 4.78 is 28.5. The van der Waals surface area contributed by atoms with Gasteiger partial charge >= 0.3 is 6.61 Å². The average Bonchev–Trinajstić information content (AvgIpc) is 2.39. The van der Waals surface area contributed by atoms with E-state index in [1.165, 1.54) is 12.1 Å². The number of benzene rings is 1. The monoisotopic (exact) mass is 270 g/mol. The molecule has 2 rings (SSSR count). The van der Waals surface area contributed by atoms with Gasteiger partial charge in [-0.25, -0.2) is 0 Å². The number of carbonyl (C=O) groups is 1. The number of rotatable bonds is 4. The number of alkyl halides is 2. The number of amides is 1. The lowest BCUT2D eigenvalue weighted by molar-refractivity contribution is -0.120. The lowest BCUT2D eigenvalue weighted by atomic mass is 9.99. The van der Waals surface area contributed by atoms with Crippen LogP contribution in [0.15, 0.2) is 24.3 Å². The molecule has 0 radical (unpaired) electrons. The SMILES string of the molecule is O=C(Nc1cccc(OC(F)F)c1)[C@@H]1CCCNC1. The maximum Gasteiger partial charge on any atom is 0.387 e. The fourth-order valence-corrected chi connectivity index (χ4v) is 2.07. The van der Waals surface area contributed by atoms with Crippen LogP contribution in [0.1, 0.15) is 12.8 Å². The molecule has 6 heteroatoms. The van der Waals surface area contributed by atoms with Crippen LogP contribution >= 0.6 is 0 Å². The van der Waals surface area contributed by atoms with Crippen molar-refractivity contribution in [3.63, 3.8) is 0 Å². The highest BCUT2D eigenvalue weighted by Gasteiger charge is 2.20. The molecule has 19 heavy (non-hydrogen) atoms. The molecule has 1 aromatic carbocycles. The third kappa shape index (κ3) is 4.17. The Morgan fingerprint density at radius 3 is 3.00 bits per heavy atom. The molecular weight excluding hydrogens is 254 g/mol. The molecule has 104 valence electrons. The topological polar surface area (TPSA) is 50.4 Å². The van der Waals surface area contributed by atoms with Gasteiger partial charge in [0.25, 0.3) is 0 Å². The van der Waals surface area contributed by atoms with Gasteiger partial charge in [-0.1, -0.05) is 6.07 Å². The zero-order chi connectivity index (χ0) is 13.7. The van der Waals surface area contributed by atoms with E-state index >= 15 is 0 Å². The second-order valence-electron chi connectivity index (χ2n) is 4.44. The van der Waals surface area contributed by atoms with E-state index in [0.29, 0.717) is 12.2 Å². The fraction of sp³-hybridized carbons (Fsp3) is 0.462. The van der Waals surface area contributed by atoms with Gasteiger partial charge in [0, 0.05) is 18.3 Å². The molecule has 1 atom stereocenters. The Balaban J connectivity index is 1.96. The Morgan fingerprint density at radius 1 is 1.47 bits per heavy atom. The minimum Gasteiger partial charge on any atom is -0.435 e. The van der Waals surface area contributed by atoms with Gasteiger partial charge in [0.05, 0.1) is 5.92 Å². The van der Waals surface area contributed by atoms with E-state index in [4.69, 9.17) is 0 Å². The molecule has 1 fully saturated rings. The molecule has 1 aromatic rings. The first kappa shape index (κ1) is 13.7. The van der Waals surface area contributed by atoms with Crippen LogP contribution in [-0.2, 0) is 4.79 Å². The molecule has 2 N–H and O–H groups in total. The second-order valence-corrected chi connectivity index (χ2v) is 4.44. The van der Waals surface area contributed by atoms with Crippen LogP contribution in [0.3, 0.4) is 0 Å². The maximum absolute atomic E-state index is 12.1. The van der Waals surface area contributed by atoms with E-state index in [1.54, 1.807) is 12.1 Å². The Morgan fingerprint density at radius 2 is 2.32 bits per heavy atom. The summed E-state index contributed by atoms with van der Waals surface area (Å²) in [6.07, 6.45) is 1.80. The van der Waals surface area contributed by atoms with Gasteiger partial charge in [-0.15, -0.1) is 0 Å². The third-order valence-corrected chi connectivity index (χ3v) is 2.99. The van der Waals surface area contributed by atoms with Crippen molar-refractivity contribution in [1.29, 1.82) is 0 Å². The van der Waals surface area contributed by atoms with Crippen LogP contribution in [0, 0.1) is 5.92 Å². The van der Waals surface area contributed by atoms with Crippen molar-refractivity contribution in [3.05, 3.63) is 24.3 Å². The van der Waals surface area contributed by atoms with E-state index in [-0.39, 0.29) is 17.6 Å². The quantitative estimate of drug-likeness (QED) is 0.882. The minimum atomic E-state index is -2.87. The molecular formula is C13H16F2N2O2. The summed E-state index contributed by atoms with van der Waals surface area (Å²) in [5.41, 5.74) is 0.466. The number of hydrogen-bond donors (Lipinski definition) is 2. The molecule has 0 unspecified atom stereocenters. The number of hydrogen-bond acceptors (Lipinski definition) is 3. The molecule has 1 aliphatic heterocycles. The predicted molar refractivity (Wildman–Crippen MR) is 67.3 cm³/mol. The molecule has 1 amide bonds. The highest BCUT2D eigenvalue weighted by molar-refractivity contribution is 5.92. The number of piperidine rings is 1. The zero-order valence-corrected chi connectivity index (χ0v) is 10.4. The minimum absolute atomic E-state index is 0.0366. The highest BCUT2D eigenvalue weighted by Crippen LogP contribution is 2.20. The summed E-state index contributed by atoms with van der Waals surface area (Å²) >= 11 is 0. The van der Waals surface area contributed by atoms with E-state index in [1.807, 2.05) is 0 Å². The predicted octanol–water partition coefficient (Wildman–Crippen LogP) is 2.23. The van der Waals surface area contributed by atoms with Gasteiger partial charge < -0.3 is 15.4 Å². The largest absolute Gasteiger partial charge is 0.435 e. The first-order valence-electron chi connectivity index (χ1n) is 6.21. The van der Waals surface area contributed by atoms with Gasteiger partial charge in [-0.05, 0) is 31.5 Å². The summed E-state index contributed by atoms with van der Waals surface area (Å²) in [4.78, 5) is 12.0. The first-order valence-corrected chi connectivity index (χ1v) is 6.21. The van der Waals surface area contributed by atoms with Crippen molar-refractivity contribution in [2.45, 2.75) is 19.5 Å². The molecule has 1 aliphatic rings. The normalized spacial score (nSPS) is 19.2. The molecule has 0 aliphatic carbocycles. The van der Waals surface area contributed by atoms with Gasteiger partial charge in [0.15, 0.2) is 0 Å². The van der Waals surface area contributed by atoms with E-state index in [9.17, 15) is 13.6 Å². The Labute approximate surface area is 110 Å². The molecule has 0 spiro atoms. The number of carbonyl (C=O) groups excluding carboxylic acids is 1. The zero-order valence-electron chi connectivity index (χ0n) is 10.4. The van der Waals surface area contributed by atoms with Crippen molar-refractivity contribution >= 4 is 11.6 Å². The summed E-state index contributed by atoms with van der Waals surface area (Å²) in [5, 5.41) is 5.88. The van der Waals surface area contributed by atoms with Crippen LogP contribution in [0.5, 0.6) is 5.75 Å². The standard InChI is InChI=1S/C13H16F2N2O2/c14-13(15)19-11-5-1-4-10(7-11)17-12(18)9-3-2-6-16-8-9/h1,4-5,7,9,13,16H,2-3,6,8H2,(H,17,18)/t9-/m1/s1. The van der Waals surface area contributed by atoms with Gasteiger partial charge in [0.2, 0.25) is 5.91 Å². The summed E-state index contributed by atoms with van der Waals surface area (Å²) in [6.45, 7) is -1.28. The molecule has 0 bridgehead atoms. The van der Waals surface area contributed by atoms with Crippen molar-refractivity contribution in [1.82, 2.24) is 5.32 Å². The number of halogens is 2. The molecule has 4 nitrogen and oxygen atoms in total. The van der Waals surface area contributed by atoms with Gasteiger partial charge in [-0.3, -0.25) is 4.79 Å². The van der Waals surface area contributed by atoms with E-state index < -0.39 is 6.61 Å². The van der Waals surface area contributed by atoms with Crippen LogP contribution < -0.4 is 15.4 Å².